The maximum absolute atomic E-state index is 13.3. The summed E-state index contributed by atoms with van der Waals surface area (Å²) in [6, 6.07) is 2.57. The molecule has 0 spiro atoms. The third-order valence-corrected chi connectivity index (χ3v) is 7.35. The predicted octanol–water partition coefficient (Wildman–Crippen LogP) is 4.24. The third-order valence-electron chi connectivity index (χ3n) is 4.65. The fraction of sp³-hybridized carbons (Fsp3) is 0.471. The first-order valence-electron chi connectivity index (χ1n) is 8.50. The first kappa shape index (κ1) is 20.2. The molecule has 10 heteroatoms. The number of H-pyrrole nitrogens is 1. The van der Waals surface area contributed by atoms with Crippen molar-refractivity contribution in [3.05, 3.63) is 41.2 Å². The number of nitrogens with zero attached hydrogens (tertiary/aromatic N) is 2. The maximum atomic E-state index is 13.3. The Labute approximate surface area is 160 Å². The Bertz CT molecular complexity index is 926. The highest BCUT2D eigenvalue weighted by Gasteiger charge is 2.36. The Balaban J connectivity index is 2.03. The van der Waals surface area contributed by atoms with E-state index in [0.717, 1.165) is 34.5 Å². The standard InChI is InChI=1S/C17H20F3N3O2S2/c1-3-26-12-7-11(17(18,19)20)8-13(9-12)27(24,25)23(2)16-6-4-5-15-14(16)10-21-22-15/h7-10,16H,3-6H2,1-2H3,(H,21,22)/t16-/m1/s1. The van der Waals surface area contributed by atoms with Gasteiger partial charge in [-0.2, -0.15) is 22.6 Å². The number of thioether (sulfide) groups is 1. The molecule has 0 amide bonds. The van der Waals surface area contributed by atoms with Gasteiger partial charge in [-0.15, -0.1) is 11.8 Å². The van der Waals surface area contributed by atoms with Crippen molar-refractivity contribution in [3.8, 4) is 0 Å². The van der Waals surface area contributed by atoms with Crippen molar-refractivity contribution in [1.82, 2.24) is 14.5 Å². The minimum absolute atomic E-state index is 0.284. The molecule has 3 rings (SSSR count). The van der Waals surface area contributed by atoms with Crippen LogP contribution in [-0.4, -0.2) is 35.7 Å². The van der Waals surface area contributed by atoms with Gasteiger partial charge in [0.2, 0.25) is 10.0 Å². The molecule has 5 nitrogen and oxygen atoms in total. The molecule has 1 aromatic carbocycles. The van der Waals surface area contributed by atoms with Crippen molar-refractivity contribution in [3.63, 3.8) is 0 Å². The van der Waals surface area contributed by atoms with Crippen LogP contribution >= 0.6 is 11.8 Å². The molecular weight excluding hydrogens is 399 g/mol. The number of hydrogen-bond acceptors (Lipinski definition) is 4. The van der Waals surface area contributed by atoms with E-state index in [-0.39, 0.29) is 9.79 Å². The normalized spacial score (nSPS) is 17.9. The molecule has 0 saturated carbocycles. The number of benzene rings is 1. The van der Waals surface area contributed by atoms with Crippen LogP contribution in [0.4, 0.5) is 13.2 Å². The lowest BCUT2D eigenvalue weighted by Crippen LogP contribution is -2.33. The van der Waals surface area contributed by atoms with Gasteiger partial charge in [0.05, 0.1) is 22.7 Å². The van der Waals surface area contributed by atoms with E-state index in [1.165, 1.54) is 24.9 Å². The van der Waals surface area contributed by atoms with Gasteiger partial charge in [0.1, 0.15) is 0 Å². The van der Waals surface area contributed by atoms with Crippen LogP contribution in [0.3, 0.4) is 0 Å². The molecule has 0 saturated heterocycles. The molecule has 0 fully saturated rings. The number of alkyl halides is 3. The highest BCUT2D eigenvalue weighted by molar-refractivity contribution is 7.99. The average molecular weight is 419 g/mol. The summed E-state index contributed by atoms with van der Waals surface area (Å²) in [5, 5.41) is 6.84. The van der Waals surface area contributed by atoms with Crippen LogP contribution in [0.25, 0.3) is 0 Å². The number of aryl methyl sites for hydroxylation is 1. The summed E-state index contributed by atoms with van der Waals surface area (Å²) in [5.74, 6) is 0.539. The molecule has 0 aliphatic heterocycles. The molecule has 148 valence electrons. The van der Waals surface area contributed by atoms with Gasteiger partial charge in [0.15, 0.2) is 0 Å². The molecule has 1 atom stereocenters. The smallest absolute Gasteiger partial charge is 0.282 e. The van der Waals surface area contributed by atoms with Crippen molar-refractivity contribution in [2.45, 2.75) is 48.2 Å². The largest absolute Gasteiger partial charge is 0.416 e. The fourth-order valence-corrected chi connectivity index (χ4v) is 5.55. The molecule has 2 aromatic rings. The zero-order valence-electron chi connectivity index (χ0n) is 14.9. The molecule has 1 aliphatic rings. The second-order valence-electron chi connectivity index (χ2n) is 6.36. The molecule has 0 bridgehead atoms. The van der Waals surface area contributed by atoms with Gasteiger partial charge in [0.25, 0.3) is 0 Å². The monoisotopic (exact) mass is 419 g/mol. The van der Waals surface area contributed by atoms with Gasteiger partial charge in [-0.25, -0.2) is 8.42 Å². The number of halogens is 3. The SMILES string of the molecule is CCSc1cc(C(F)(F)F)cc(S(=O)(=O)N(C)[C@@H]2CCCc3[nH]ncc32)c1. The van der Waals surface area contributed by atoms with Gasteiger partial charge >= 0.3 is 6.18 Å². The van der Waals surface area contributed by atoms with Crippen LogP contribution in [0.15, 0.2) is 34.2 Å². The number of aromatic amines is 1. The predicted molar refractivity (Wildman–Crippen MR) is 97.1 cm³/mol. The Kier molecular flexibility index (Phi) is 5.60. The number of rotatable bonds is 5. The summed E-state index contributed by atoms with van der Waals surface area (Å²) >= 11 is 1.18. The van der Waals surface area contributed by atoms with E-state index < -0.39 is 27.8 Å². The van der Waals surface area contributed by atoms with Gasteiger partial charge in [-0.05, 0) is 43.2 Å². The third kappa shape index (κ3) is 4.02. The van der Waals surface area contributed by atoms with Crippen LogP contribution in [0.1, 0.15) is 42.6 Å². The zero-order chi connectivity index (χ0) is 19.8. The Hall–Kier alpha value is -1.52. The van der Waals surface area contributed by atoms with Gasteiger partial charge in [-0.1, -0.05) is 6.92 Å². The summed E-state index contributed by atoms with van der Waals surface area (Å²) in [5.41, 5.74) is 0.697. The fourth-order valence-electron chi connectivity index (χ4n) is 3.28. The minimum Gasteiger partial charge on any atom is -0.282 e. The van der Waals surface area contributed by atoms with Crippen LogP contribution in [0, 0.1) is 0 Å². The van der Waals surface area contributed by atoms with E-state index in [1.54, 1.807) is 13.1 Å². The van der Waals surface area contributed by atoms with Gasteiger partial charge in [-0.3, -0.25) is 5.10 Å². The number of aromatic nitrogens is 2. The summed E-state index contributed by atoms with van der Waals surface area (Å²) < 4.78 is 67.2. The topological polar surface area (TPSA) is 66.1 Å². The minimum atomic E-state index is -4.62. The lowest BCUT2D eigenvalue weighted by atomic mass is 9.93. The number of sulfonamides is 1. The maximum Gasteiger partial charge on any atom is 0.416 e. The van der Waals surface area contributed by atoms with Crippen LogP contribution < -0.4 is 0 Å². The van der Waals surface area contributed by atoms with E-state index in [2.05, 4.69) is 10.2 Å². The molecule has 0 unspecified atom stereocenters. The van der Waals surface area contributed by atoms with Crippen LogP contribution in [0.2, 0.25) is 0 Å². The van der Waals surface area contributed by atoms with E-state index in [9.17, 15) is 21.6 Å². The lowest BCUT2D eigenvalue weighted by Gasteiger charge is -2.30. The quantitative estimate of drug-likeness (QED) is 0.737. The average Bonchev–Trinajstić information content (AvgIpc) is 3.09. The van der Waals surface area contributed by atoms with Crippen LogP contribution in [-0.2, 0) is 22.6 Å². The van der Waals surface area contributed by atoms with Crippen LogP contribution in [0.5, 0.6) is 0 Å². The molecule has 1 N–H and O–H groups in total. The second-order valence-corrected chi connectivity index (χ2v) is 9.69. The number of hydrogen-bond donors (Lipinski definition) is 1. The van der Waals surface area contributed by atoms with Gasteiger partial charge in [0, 0.05) is 23.2 Å². The number of nitrogens with one attached hydrogen (secondary N) is 1. The van der Waals surface area contributed by atoms with E-state index in [0.29, 0.717) is 18.2 Å². The first-order chi connectivity index (χ1) is 12.6. The Morgan fingerprint density at radius 1 is 1.33 bits per heavy atom. The molecule has 27 heavy (non-hydrogen) atoms. The Morgan fingerprint density at radius 3 is 2.74 bits per heavy atom. The van der Waals surface area contributed by atoms with Gasteiger partial charge < -0.3 is 0 Å². The van der Waals surface area contributed by atoms with E-state index >= 15 is 0 Å². The van der Waals surface area contributed by atoms with Crippen molar-refractivity contribution in [1.29, 1.82) is 0 Å². The van der Waals surface area contributed by atoms with Crippen molar-refractivity contribution >= 4 is 21.8 Å². The Morgan fingerprint density at radius 2 is 2.07 bits per heavy atom. The lowest BCUT2D eigenvalue weighted by molar-refractivity contribution is -0.137. The molecule has 1 aromatic heterocycles. The summed E-state index contributed by atoms with van der Waals surface area (Å²) in [6.45, 7) is 1.80. The van der Waals surface area contributed by atoms with Crippen molar-refractivity contribution in [2.24, 2.45) is 0 Å². The summed E-state index contributed by atoms with van der Waals surface area (Å²) in [6.07, 6.45) is -0.872. The second kappa shape index (κ2) is 7.48. The van der Waals surface area contributed by atoms with E-state index in [1.807, 2.05) is 0 Å². The highest BCUT2D eigenvalue weighted by atomic mass is 32.2. The zero-order valence-corrected chi connectivity index (χ0v) is 16.5. The van der Waals surface area contributed by atoms with Crippen molar-refractivity contribution < 1.29 is 21.6 Å². The summed E-state index contributed by atoms with van der Waals surface area (Å²) in [4.78, 5) is -0.0571. The first-order valence-corrected chi connectivity index (χ1v) is 10.9. The number of fused-ring (bicyclic) bond motifs is 1. The molecule has 1 aliphatic carbocycles. The van der Waals surface area contributed by atoms with Crippen molar-refractivity contribution in [2.75, 3.05) is 12.8 Å². The summed E-state index contributed by atoms with van der Waals surface area (Å²) in [7, 11) is -2.69. The van der Waals surface area contributed by atoms with E-state index in [4.69, 9.17) is 0 Å². The molecular formula is C17H20F3N3O2S2. The molecule has 1 heterocycles. The molecule has 0 radical (unpaired) electrons. The highest BCUT2D eigenvalue weighted by Crippen LogP contribution is 2.38.